The van der Waals surface area contributed by atoms with Crippen LogP contribution in [0.1, 0.15) is 23.4 Å². The highest BCUT2D eigenvalue weighted by Crippen LogP contribution is 2.10. The standard InChI is InChI=1S/C15H16N2O3/c1-10-3-5-12(6-4-10)17-11(2)9-14(18)13(16-17)7-8-15(19)20/h3-6,9H,7-8H2,1-2H3,(H,19,20). The maximum Gasteiger partial charge on any atom is 0.303 e. The largest absolute Gasteiger partial charge is 0.481 e. The topological polar surface area (TPSA) is 72.2 Å². The lowest BCUT2D eigenvalue weighted by Crippen LogP contribution is -2.19. The van der Waals surface area contributed by atoms with Crippen molar-refractivity contribution in [3.8, 4) is 5.69 Å². The Morgan fingerprint density at radius 2 is 1.90 bits per heavy atom. The van der Waals surface area contributed by atoms with Crippen LogP contribution in [0.5, 0.6) is 0 Å². The van der Waals surface area contributed by atoms with Crippen LogP contribution in [-0.2, 0) is 11.2 Å². The van der Waals surface area contributed by atoms with E-state index in [-0.39, 0.29) is 24.0 Å². The van der Waals surface area contributed by atoms with Crippen LogP contribution in [0.2, 0.25) is 0 Å². The molecule has 0 aliphatic heterocycles. The zero-order chi connectivity index (χ0) is 14.7. The second-order valence-electron chi connectivity index (χ2n) is 4.74. The first-order chi connectivity index (χ1) is 9.47. The fraction of sp³-hybridized carbons (Fsp3) is 0.267. The summed E-state index contributed by atoms with van der Waals surface area (Å²) in [4.78, 5) is 22.4. The number of aromatic nitrogens is 2. The van der Waals surface area contributed by atoms with Crippen LogP contribution >= 0.6 is 0 Å². The lowest BCUT2D eigenvalue weighted by molar-refractivity contribution is -0.136. The van der Waals surface area contributed by atoms with Gasteiger partial charge in [0.05, 0.1) is 12.1 Å². The van der Waals surface area contributed by atoms with E-state index in [2.05, 4.69) is 5.10 Å². The van der Waals surface area contributed by atoms with E-state index in [1.165, 1.54) is 6.07 Å². The molecule has 1 aromatic carbocycles. The van der Waals surface area contributed by atoms with E-state index >= 15 is 0 Å². The van der Waals surface area contributed by atoms with Gasteiger partial charge in [-0.1, -0.05) is 17.7 Å². The predicted octanol–water partition coefficient (Wildman–Crippen LogP) is 1.87. The summed E-state index contributed by atoms with van der Waals surface area (Å²) in [5.41, 5.74) is 2.77. The zero-order valence-electron chi connectivity index (χ0n) is 11.5. The summed E-state index contributed by atoms with van der Waals surface area (Å²) in [5, 5.41) is 13.0. The number of nitrogens with zero attached hydrogens (tertiary/aromatic N) is 2. The van der Waals surface area contributed by atoms with Gasteiger partial charge in [-0.05, 0) is 26.0 Å². The van der Waals surface area contributed by atoms with Crippen LogP contribution in [0.15, 0.2) is 35.1 Å². The Balaban J connectivity index is 2.42. The van der Waals surface area contributed by atoms with Crippen LogP contribution in [0.4, 0.5) is 0 Å². The molecule has 0 fully saturated rings. The highest BCUT2D eigenvalue weighted by atomic mass is 16.4. The molecule has 0 bridgehead atoms. The molecule has 2 rings (SSSR count). The third-order valence-corrected chi connectivity index (χ3v) is 3.03. The number of aliphatic carboxylic acids is 1. The molecule has 104 valence electrons. The van der Waals surface area contributed by atoms with Gasteiger partial charge in [0.25, 0.3) is 0 Å². The molecule has 1 heterocycles. The number of carboxylic acid groups (broad SMARTS) is 1. The van der Waals surface area contributed by atoms with Crippen molar-refractivity contribution in [1.29, 1.82) is 0 Å². The van der Waals surface area contributed by atoms with E-state index in [1.54, 1.807) is 11.6 Å². The summed E-state index contributed by atoms with van der Waals surface area (Å²) < 4.78 is 1.66. The van der Waals surface area contributed by atoms with Crippen LogP contribution in [-0.4, -0.2) is 20.9 Å². The van der Waals surface area contributed by atoms with Crippen molar-refractivity contribution in [3.05, 3.63) is 57.5 Å². The molecule has 0 radical (unpaired) electrons. The molecule has 1 aromatic heterocycles. The third kappa shape index (κ3) is 3.12. The predicted molar refractivity (Wildman–Crippen MR) is 75.3 cm³/mol. The Kier molecular flexibility index (Phi) is 3.98. The summed E-state index contributed by atoms with van der Waals surface area (Å²) >= 11 is 0. The first-order valence-electron chi connectivity index (χ1n) is 6.36. The van der Waals surface area contributed by atoms with Gasteiger partial charge < -0.3 is 5.11 Å². The third-order valence-electron chi connectivity index (χ3n) is 3.03. The molecular weight excluding hydrogens is 256 g/mol. The van der Waals surface area contributed by atoms with Crippen molar-refractivity contribution < 1.29 is 9.90 Å². The van der Waals surface area contributed by atoms with Crippen molar-refractivity contribution in [2.45, 2.75) is 26.7 Å². The van der Waals surface area contributed by atoms with Crippen molar-refractivity contribution in [3.63, 3.8) is 0 Å². The first kappa shape index (κ1) is 14.0. The molecular formula is C15H16N2O3. The average Bonchev–Trinajstić information content (AvgIpc) is 2.39. The number of aryl methyl sites for hydroxylation is 3. The van der Waals surface area contributed by atoms with Gasteiger partial charge in [-0.3, -0.25) is 9.59 Å². The van der Waals surface area contributed by atoms with Gasteiger partial charge in [0.1, 0.15) is 5.69 Å². The van der Waals surface area contributed by atoms with Crippen molar-refractivity contribution in [1.82, 2.24) is 9.78 Å². The van der Waals surface area contributed by atoms with Crippen molar-refractivity contribution >= 4 is 5.97 Å². The fourth-order valence-corrected chi connectivity index (χ4v) is 1.93. The summed E-state index contributed by atoms with van der Waals surface area (Å²) in [6.45, 7) is 3.79. The molecule has 0 aliphatic rings. The Morgan fingerprint density at radius 3 is 2.50 bits per heavy atom. The quantitative estimate of drug-likeness (QED) is 0.922. The van der Waals surface area contributed by atoms with E-state index in [0.717, 1.165) is 16.9 Å². The molecule has 5 heteroatoms. The Labute approximate surface area is 116 Å². The Bertz CT molecular complexity index is 687. The number of rotatable bonds is 4. The van der Waals surface area contributed by atoms with E-state index in [4.69, 9.17) is 5.11 Å². The minimum absolute atomic E-state index is 0.0980. The second-order valence-corrected chi connectivity index (χ2v) is 4.74. The monoisotopic (exact) mass is 272 g/mol. The van der Waals surface area contributed by atoms with Gasteiger partial charge in [0.15, 0.2) is 0 Å². The number of carbonyl (C=O) groups is 1. The lowest BCUT2D eigenvalue weighted by atomic mass is 10.2. The second kappa shape index (κ2) is 5.69. The van der Waals surface area contributed by atoms with Gasteiger partial charge in [0, 0.05) is 18.2 Å². The molecule has 5 nitrogen and oxygen atoms in total. The van der Waals surface area contributed by atoms with Crippen LogP contribution in [0.25, 0.3) is 5.69 Å². The van der Waals surface area contributed by atoms with Gasteiger partial charge >= 0.3 is 5.97 Å². The Hall–Kier alpha value is -2.43. The molecule has 0 unspecified atom stereocenters. The molecule has 0 spiro atoms. The van der Waals surface area contributed by atoms with Gasteiger partial charge in [-0.15, -0.1) is 0 Å². The average molecular weight is 272 g/mol. The fourth-order valence-electron chi connectivity index (χ4n) is 1.93. The van der Waals surface area contributed by atoms with Crippen LogP contribution < -0.4 is 5.43 Å². The molecule has 0 saturated heterocycles. The van der Waals surface area contributed by atoms with Crippen LogP contribution in [0, 0.1) is 13.8 Å². The summed E-state index contributed by atoms with van der Waals surface area (Å²) in [5.74, 6) is -0.936. The van der Waals surface area contributed by atoms with Gasteiger partial charge in [-0.2, -0.15) is 5.10 Å². The Morgan fingerprint density at radius 1 is 1.25 bits per heavy atom. The minimum atomic E-state index is -0.936. The number of carboxylic acids is 1. The molecule has 0 aliphatic carbocycles. The maximum atomic E-state index is 11.8. The minimum Gasteiger partial charge on any atom is -0.481 e. The van der Waals surface area contributed by atoms with Gasteiger partial charge in [-0.25, -0.2) is 4.68 Å². The van der Waals surface area contributed by atoms with Crippen molar-refractivity contribution in [2.75, 3.05) is 0 Å². The molecule has 1 N–H and O–H groups in total. The number of hydrogen-bond donors (Lipinski definition) is 1. The summed E-state index contributed by atoms with van der Waals surface area (Å²) in [7, 11) is 0. The normalized spacial score (nSPS) is 10.5. The molecule has 0 amide bonds. The summed E-state index contributed by atoms with van der Waals surface area (Å²) in [6, 6.07) is 9.25. The molecule has 20 heavy (non-hydrogen) atoms. The molecule has 0 saturated carbocycles. The SMILES string of the molecule is Cc1ccc(-n2nc(CCC(=O)O)c(=O)cc2C)cc1. The smallest absolute Gasteiger partial charge is 0.303 e. The van der Waals surface area contributed by atoms with E-state index < -0.39 is 5.97 Å². The van der Waals surface area contributed by atoms with Gasteiger partial charge in [0.2, 0.25) is 5.43 Å². The summed E-state index contributed by atoms with van der Waals surface area (Å²) in [6.07, 6.45) is 0.0412. The maximum absolute atomic E-state index is 11.8. The van der Waals surface area contributed by atoms with E-state index in [9.17, 15) is 9.59 Å². The molecule has 2 aromatic rings. The number of benzene rings is 1. The molecule has 0 atom stereocenters. The highest BCUT2D eigenvalue weighted by Gasteiger charge is 2.09. The van der Waals surface area contributed by atoms with Crippen molar-refractivity contribution in [2.24, 2.45) is 0 Å². The first-order valence-corrected chi connectivity index (χ1v) is 6.36. The van der Waals surface area contributed by atoms with Crippen LogP contribution in [0.3, 0.4) is 0 Å². The number of hydrogen-bond acceptors (Lipinski definition) is 3. The van der Waals surface area contributed by atoms with E-state index in [1.807, 2.05) is 31.2 Å². The lowest BCUT2D eigenvalue weighted by Gasteiger charge is -2.11. The van der Waals surface area contributed by atoms with E-state index in [0.29, 0.717) is 0 Å². The highest BCUT2D eigenvalue weighted by molar-refractivity contribution is 5.66. The zero-order valence-corrected chi connectivity index (χ0v) is 11.5.